The standard InChI is InChI=1S/C41H82NO8P/c1-3-5-7-9-11-13-15-16-17-18-19-20-21-22-23-24-26-27-29-31-33-40(43)47-37-39(38-49-51(45,46)48-36-35-42)50-41(44)34-32-30-28-25-14-12-10-8-6-4-2/h39H,3-38,42H2,1-2H3,(H,45,46)/t39-/m1/s1. The van der Waals surface area contributed by atoms with Gasteiger partial charge in [-0.05, 0) is 12.8 Å². The van der Waals surface area contributed by atoms with Gasteiger partial charge in [0.05, 0.1) is 13.2 Å². The van der Waals surface area contributed by atoms with Crippen molar-refractivity contribution in [3.05, 3.63) is 0 Å². The van der Waals surface area contributed by atoms with Crippen LogP contribution in [0, 0.1) is 0 Å². The molecule has 0 bridgehead atoms. The predicted octanol–water partition coefficient (Wildman–Crippen LogP) is 12.1. The molecule has 9 nitrogen and oxygen atoms in total. The maximum atomic E-state index is 12.5. The zero-order valence-corrected chi connectivity index (χ0v) is 34.3. The van der Waals surface area contributed by atoms with Crippen LogP contribution in [0.15, 0.2) is 0 Å². The number of esters is 2. The van der Waals surface area contributed by atoms with E-state index in [-0.39, 0.29) is 38.6 Å². The summed E-state index contributed by atoms with van der Waals surface area (Å²) in [4.78, 5) is 34.7. The van der Waals surface area contributed by atoms with Crippen LogP contribution < -0.4 is 5.73 Å². The first-order valence-corrected chi connectivity index (χ1v) is 23.0. The van der Waals surface area contributed by atoms with Crippen molar-refractivity contribution in [1.29, 1.82) is 0 Å². The van der Waals surface area contributed by atoms with Crippen molar-refractivity contribution in [3.63, 3.8) is 0 Å². The van der Waals surface area contributed by atoms with Gasteiger partial charge in [-0.3, -0.25) is 18.6 Å². The summed E-state index contributed by atoms with van der Waals surface area (Å²) < 4.78 is 32.7. The second-order valence-electron chi connectivity index (χ2n) is 14.6. The molecule has 10 heteroatoms. The zero-order chi connectivity index (χ0) is 37.5. The van der Waals surface area contributed by atoms with Crippen LogP contribution in [0.3, 0.4) is 0 Å². The first-order valence-electron chi connectivity index (χ1n) is 21.5. The summed E-state index contributed by atoms with van der Waals surface area (Å²) in [7, 11) is -4.36. The van der Waals surface area contributed by atoms with E-state index in [1.807, 2.05) is 0 Å². The van der Waals surface area contributed by atoms with Crippen molar-refractivity contribution in [2.24, 2.45) is 5.73 Å². The SMILES string of the molecule is CCCCCCCCCCCCCCCCCCCCCCC(=O)OC[C@H](COP(=O)(O)OCCN)OC(=O)CCCCCCCCCCCC. The van der Waals surface area contributed by atoms with E-state index in [1.54, 1.807) is 0 Å². The lowest BCUT2D eigenvalue weighted by atomic mass is 10.0. The highest BCUT2D eigenvalue weighted by Crippen LogP contribution is 2.43. The average Bonchev–Trinajstić information content (AvgIpc) is 3.11. The largest absolute Gasteiger partial charge is 0.472 e. The summed E-state index contributed by atoms with van der Waals surface area (Å²) in [5.41, 5.74) is 5.34. The summed E-state index contributed by atoms with van der Waals surface area (Å²) in [6.45, 7) is 3.75. The molecule has 0 spiro atoms. The smallest absolute Gasteiger partial charge is 0.462 e. The Labute approximate surface area is 314 Å². The van der Waals surface area contributed by atoms with Crippen LogP contribution in [-0.4, -0.2) is 49.3 Å². The number of ether oxygens (including phenoxy) is 2. The highest BCUT2D eigenvalue weighted by molar-refractivity contribution is 7.47. The summed E-state index contributed by atoms with van der Waals surface area (Å²) >= 11 is 0. The molecule has 2 atom stereocenters. The van der Waals surface area contributed by atoms with Gasteiger partial charge in [-0.15, -0.1) is 0 Å². The van der Waals surface area contributed by atoms with Gasteiger partial charge in [-0.2, -0.15) is 0 Å². The fraction of sp³-hybridized carbons (Fsp3) is 0.951. The Balaban J connectivity index is 4.01. The molecule has 0 aromatic rings. The average molecular weight is 748 g/mol. The number of carbonyl (C=O) groups excluding carboxylic acids is 2. The monoisotopic (exact) mass is 748 g/mol. The Hall–Kier alpha value is -0.990. The van der Waals surface area contributed by atoms with Gasteiger partial charge >= 0.3 is 19.8 Å². The molecule has 0 radical (unpaired) electrons. The molecule has 51 heavy (non-hydrogen) atoms. The van der Waals surface area contributed by atoms with Gasteiger partial charge in [-0.1, -0.05) is 194 Å². The zero-order valence-electron chi connectivity index (χ0n) is 33.4. The van der Waals surface area contributed by atoms with Crippen LogP contribution >= 0.6 is 7.82 Å². The van der Waals surface area contributed by atoms with Crippen molar-refractivity contribution in [1.82, 2.24) is 0 Å². The lowest BCUT2D eigenvalue weighted by Gasteiger charge is -2.19. The van der Waals surface area contributed by atoms with E-state index in [2.05, 4.69) is 13.8 Å². The minimum absolute atomic E-state index is 0.0578. The highest BCUT2D eigenvalue weighted by atomic mass is 31.2. The molecule has 0 heterocycles. The molecule has 0 rings (SSSR count). The molecule has 1 unspecified atom stereocenters. The number of unbranched alkanes of at least 4 members (excludes halogenated alkanes) is 28. The Morgan fingerprint density at radius 2 is 0.843 bits per heavy atom. The van der Waals surface area contributed by atoms with E-state index in [0.29, 0.717) is 6.42 Å². The summed E-state index contributed by atoms with van der Waals surface area (Å²) in [6.07, 6.45) is 37.1. The number of phosphoric ester groups is 1. The molecule has 3 N–H and O–H groups in total. The Morgan fingerprint density at radius 3 is 1.20 bits per heavy atom. The topological polar surface area (TPSA) is 134 Å². The maximum absolute atomic E-state index is 12.5. The van der Waals surface area contributed by atoms with E-state index in [1.165, 1.54) is 154 Å². The fourth-order valence-corrected chi connectivity index (χ4v) is 7.05. The predicted molar refractivity (Wildman–Crippen MR) is 211 cm³/mol. The minimum atomic E-state index is -4.36. The van der Waals surface area contributed by atoms with Crippen LogP contribution in [0.2, 0.25) is 0 Å². The second-order valence-corrected chi connectivity index (χ2v) is 16.0. The lowest BCUT2D eigenvalue weighted by molar-refractivity contribution is -0.161. The molecular formula is C41H82NO8P. The molecule has 0 aliphatic carbocycles. The fourth-order valence-electron chi connectivity index (χ4n) is 6.28. The summed E-state index contributed by atoms with van der Waals surface area (Å²) in [5.74, 6) is -0.816. The number of nitrogens with two attached hydrogens (primary N) is 1. The number of hydrogen-bond acceptors (Lipinski definition) is 8. The molecule has 0 saturated carbocycles. The Kier molecular flexibility index (Phi) is 38.0. The van der Waals surface area contributed by atoms with E-state index in [4.69, 9.17) is 24.3 Å². The van der Waals surface area contributed by atoms with E-state index >= 15 is 0 Å². The third-order valence-electron chi connectivity index (χ3n) is 9.49. The first kappa shape index (κ1) is 50.0. The summed E-state index contributed by atoms with van der Waals surface area (Å²) in [6, 6.07) is 0. The number of phosphoric acid groups is 1. The van der Waals surface area contributed by atoms with Gasteiger partial charge in [0.1, 0.15) is 6.61 Å². The van der Waals surface area contributed by atoms with Crippen molar-refractivity contribution >= 4 is 19.8 Å². The highest BCUT2D eigenvalue weighted by Gasteiger charge is 2.26. The van der Waals surface area contributed by atoms with Crippen LogP contribution in [-0.2, 0) is 32.7 Å². The maximum Gasteiger partial charge on any atom is 0.472 e. The summed E-state index contributed by atoms with van der Waals surface area (Å²) in [5, 5.41) is 0. The third-order valence-corrected chi connectivity index (χ3v) is 10.5. The second kappa shape index (κ2) is 38.7. The third kappa shape index (κ3) is 38.5. The number of rotatable bonds is 41. The Morgan fingerprint density at radius 1 is 0.510 bits per heavy atom. The molecule has 0 saturated heterocycles. The molecular weight excluding hydrogens is 665 g/mol. The van der Waals surface area contributed by atoms with Crippen LogP contribution in [0.4, 0.5) is 0 Å². The molecule has 0 aromatic carbocycles. The van der Waals surface area contributed by atoms with Crippen molar-refractivity contribution in [2.45, 2.75) is 225 Å². The van der Waals surface area contributed by atoms with Crippen LogP contribution in [0.5, 0.6) is 0 Å². The van der Waals surface area contributed by atoms with E-state index in [0.717, 1.165) is 32.1 Å². The van der Waals surface area contributed by atoms with Crippen molar-refractivity contribution in [2.75, 3.05) is 26.4 Å². The molecule has 0 fully saturated rings. The molecule has 0 aromatic heterocycles. The normalized spacial score (nSPS) is 13.3. The quantitative estimate of drug-likeness (QED) is 0.0356. The van der Waals surface area contributed by atoms with Gasteiger partial charge in [0.2, 0.25) is 0 Å². The van der Waals surface area contributed by atoms with Crippen LogP contribution in [0.25, 0.3) is 0 Å². The first-order chi connectivity index (χ1) is 24.8. The van der Waals surface area contributed by atoms with E-state index in [9.17, 15) is 19.0 Å². The van der Waals surface area contributed by atoms with Crippen LogP contribution in [0.1, 0.15) is 219 Å². The molecule has 0 amide bonds. The van der Waals surface area contributed by atoms with Crippen molar-refractivity contribution in [3.8, 4) is 0 Å². The molecule has 0 aliphatic heterocycles. The van der Waals surface area contributed by atoms with Gasteiger partial charge in [-0.25, -0.2) is 4.57 Å². The number of carbonyl (C=O) groups is 2. The molecule has 0 aliphatic rings. The van der Waals surface area contributed by atoms with Gasteiger partial charge in [0.15, 0.2) is 6.10 Å². The molecule has 304 valence electrons. The van der Waals surface area contributed by atoms with Gasteiger partial charge < -0.3 is 20.1 Å². The van der Waals surface area contributed by atoms with E-state index < -0.39 is 26.5 Å². The minimum Gasteiger partial charge on any atom is -0.462 e. The Bertz CT molecular complexity index is 815. The number of hydrogen-bond donors (Lipinski definition) is 2. The lowest BCUT2D eigenvalue weighted by Crippen LogP contribution is -2.29. The van der Waals surface area contributed by atoms with Gasteiger partial charge in [0, 0.05) is 19.4 Å². The van der Waals surface area contributed by atoms with Gasteiger partial charge in [0.25, 0.3) is 0 Å². The van der Waals surface area contributed by atoms with Crippen molar-refractivity contribution < 1.29 is 37.6 Å².